The average molecular weight is 593 g/mol. The molecule has 9 nitrogen and oxygen atoms in total. The normalized spacial score (nSPS) is 11.0. The number of carbonyl (C=O) groups is 2. The second kappa shape index (κ2) is 12.2. The topological polar surface area (TPSA) is 122 Å². The lowest BCUT2D eigenvalue weighted by atomic mass is 10.1. The van der Waals surface area contributed by atoms with E-state index in [0.29, 0.717) is 51.8 Å². The number of pyridine rings is 2. The van der Waals surface area contributed by atoms with Crippen molar-refractivity contribution in [3.05, 3.63) is 119 Å². The number of hydrogen-bond donors (Lipinski definition) is 3. The third-order valence-electron chi connectivity index (χ3n) is 6.80. The zero-order chi connectivity index (χ0) is 29.8. The maximum absolute atomic E-state index is 13.6. The number of nitrogens with zero attached hydrogens (tertiary/aromatic N) is 4. The molecule has 214 valence electrons. The van der Waals surface area contributed by atoms with E-state index in [2.05, 4.69) is 20.6 Å². The van der Waals surface area contributed by atoms with Gasteiger partial charge in [0.25, 0.3) is 5.91 Å². The molecular formula is C32H25FN6O3S. The van der Waals surface area contributed by atoms with Gasteiger partial charge in [-0.15, -0.1) is 11.3 Å². The van der Waals surface area contributed by atoms with Gasteiger partial charge in [0.15, 0.2) is 5.78 Å². The van der Waals surface area contributed by atoms with Gasteiger partial charge in [-0.1, -0.05) is 30.3 Å². The Labute approximate surface area is 249 Å². The van der Waals surface area contributed by atoms with Crippen molar-refractivity contribution in [3.8, 4) is 16.2 Å². The molecule has 0 fully saturated rings. The van der Waals surface area contributed by atoms with Gasteiger partial charge in [-0.05, 0) is 54.1 Å². The van der Waals surface area contributed by atoms with Gasteiger partial charge >= 0.3 is 0 Å². The number of carbonyl (C=O) groups excluding carboxylic acids is 2. The van der Waals surface area contributed by atoms with Gasteiger partial charge < -0.3 is 15.0 Å². The average Bonchev–Trinajstić information content (AvgIpc) is 3.65. The first-order chi connectivity index (χ1) is 20.9. The zero-order valence-corrected chi connectivity index (χ0v) is 23.5. The number of benzene rings is 2. The van der Waals surface area contributed by atoms with Crippen molar-refractivity contribution in [2.45, 2.75) is 13.0 Å². The van der Waals surface area contributed by atoms with E-state index in [0.717, 1.165) is 10.4 Å². The van der Waals surface area contributed by atoms with Crippen LogP contribution in [0.2, 0.25) is 0 Å². The Balaban J connectivity index is 1.26. The third kappa shape index (κ3) is 6.26. The minimum Gasteiger partial charge on any atom is -0.506 e. The van der Waals surface area contributed by atoms with E-state index < -0.39 is 5.95 Å². The Bertz CT molecular complexity index is 1940. The number of fused-ring (bicyclic) bond motifs is 1. The van der Waals surface area contributed by atoms with E-state index in [-0.39, 0.29) is 24.0 Å². The molecule has 0 aliphatic heterocycles. The molecule has 0 aliphatic rings. The molecule has 0 radical (unpaired) electrons. The maximum Gasteiger partial charge on any atom is 0.268 e. The molecule has 0 spiro atoms. The van der Waals surface area contributed by atoms with E-state index in [4.69, 9.17) is 4.98 Å². The van der Waals surface area contributed by atoms with Crippen molar-refractivity contribution >= 4 is 45.7 Å². The number of anilines is 2. The number of ketones is 1. The Morgan fingerprint density at radius 3 is 2.60 bits per heavy atom. The molecule has 4 aromatic heterocycles. The summed E-state index contributed by atoms with van der Waals surface area (Å²) in [6, 6.07) is 24.3. The highest BCUT2D eigenvalue weighted by molar-refractivity contribution is 7.17. The fraction of sp³-hybridized carbons (Fsp3) is 0.0938. The molecule has 0 atom stereocenters. The number of aromatic hydroxyl groups is 1. The molecule has 6 rings (SSSR count). The number of amides is 1. The molecule has 11 heteroatoms. The first-order valence-corrected chi connectivity index (χ1v) is 14.2. The van der Waals surface area contributed by atoms with Crippen LogP contribution in [0.4, 0.5) is 16.0 Å². The van der Waals surface area contributed by atoms with Crippen LogP contribution < -0.4 is 10.6 Å². The third-order valence-corrected chi connectivity index (χ3v) is 7.93. The minimum absolute atomic E-state index is 0.0424. The maximum atomic E-state index is 13.6. The van der Waals surface area contributed by atoms with Crippen LogP contribution in [0.5, 0.6) is 5.75 Å². The van der Waals surface area contributed by atoms with E-state index >= 15 is 0 Å². The number of hydrogen-bond acceptors (Lipinski definition) is 8. The quantitative estimate of drug-likeness (QED) is 0.128. The van der Waals surface area contributed by atoms with Gasteiger partial charge in [-0.25, -0.2) is 9.97 Å². The fourth-order valence-electron chi connectivity index (χ4n) is 4.64. The van der Waals surface area contributed by atoms with Gasteiger partial charge in [0, 0.05) is 47.6 Å². The van der Waals surface area contributed by atoms with Gasteiger partial charge in [0.1, 0.15) is 5.75 Å². The summed E-state index contributed by atoms with van der Waals surface area (Å²) in [5.41, 5.74) is 3.83. The van der Waals surface area contributed by atoms with E-state index in [1.54, 1.807) is 48.7 Å². The molecule has 0 saturated carbocycles. The Hall–Kier alpha value is -5.42. The second-order valence-electron chi connectivity index (χ2n) is 9.64. The van der Waals surface area contributed by atoms with Gasteiger partial charge in [0.05, 0.1) is 28.1 Å². The predicted octanol–water partition coefficient (Wildman–Crippen LogP) is 6.19. The zero-order valence-electron chi connectivity index (χ0n) is 22.7. The van der Waals surface area contributed by atoms with Gasteiger partial charge in [-0.2, -0.15) is 4.39 Å². The molecular weight excluding hydrogens is 567 g/mol. The lowest BCUT2D eigenvalue weighted by molar-refractivity contribution is 0.100. The van der Waals surface area contributed by atoms with Crippen molar-refractivity contribution < 1.29 is 19.1 Å². The van der Waals surface area contributed by atoms with Crippen molar-refractivity contribution in [2.75, 3.05) is 17.2 Å². The SMILES string of the molecule is O=C(CNc1ccc2c(c1)nc(NC(=O)c1ccc(-c3ccnc(F)c3)s1)n2CCc1ncccc1O)c1ccccc1. The molecule has 0 bridgehead atoms. The van der Waals surface area contributed by atoms with E-state index in [1.807, 2.05) is 41.0 Å². The summed E-state index contributed by atoms with van der Waals surface area (Å²) in [5, 5.41) is 16.3. The number of thiophene rings is 1. The summed E-state index contributed by atoms with van der Waals surface area (Å²) in [5.74, 6) is -0.597. The molecule has 0 aliphatic carbocycles. The Kier molecular flexibility index (Phi) is 7.88. The summed E-state index contributed by atoms with van der Waals surface area (Å²) in [7, 11) is 0. The molecule has 2 aromatic carbocycles. The molecule has 1 amide bonds. The summed E-state index contributed by atoms with van der Waals surface area (Å²) in [6.07, 6.45) is 3.39. The first-order valence-electron chi connectivity index (χ1n) is 13.4. The number of Topliss-reactive ketones (excluding diaryl/α,β-unsaturated/α-hetero) is 1. The number of aromatic nitrogens is 4. The number of halogens is 1. The number of aryl methyl sites for hydroxylation is 2. The highest BCUT2D eigenvalue weighted by Gasteiger charge is 2.18. The molecule has 4 heterocycles. The van der Waals surface area contributed by atoms with Crippen molar-refractivity contribution in [1.29, 1.82) is 0 Å². The summed E-state index contributed by atoms with van der Waals surface area (Å²) in [4.78, 5) is 39.6. The lowest BCUT2D eigenvalue weighted by Gasteiger charge is -2.11. The monoisotopic (exact) mass is 592 g/mol. The molecule has 0 saturated heterocycles. The molecule has 3 N–H and O–H groups in total. The first kappa shape index (κ1) is 27.7. The number of imidazole rings is 1. The van der Waals surface area contributed by atoms with Gasteiger partial charge in [-0.3, -0.25) is 19.9 Å². The number of rotatable bonds is 10. The van der Waals surface area contributed by atoms with Crippen LogP contribution in [0, 0.1) is 5.95 Å². The van der Waals surface area contributed by atoms with Crippen LogP contribution in [0.25, 0.3) is 21.5 Å². The highest BCUT2D eigenvalue weighted by atomic mass is 32.1. The van der Waals surface area contributed by atoms with Gasteiger partial charge in [0.2, 0.25) is 11.9 Å². The van der Waals surface area contributed by atoms with E-state index in [9.17, 15) is 19.1 Å². The van der Waals surface area contributed by atoms with Crippen LogP contribution >= 0.6 is 11.3 Å². The lowest BCUT2D eigenvalue weighted by Crippen LogP contribution is -2.15. The van der Waals surface area contributed by atoms with Crippen LogP contribution in [0.1, 0.15) is 25.7 Å². The Morgan fingerprint density at radius 2 is 1.79 bits per heavy atom. The molecule has 6 aromatic rings. The van der Waals surface area contributed by atoms with Crippen LogP contribution in [-0.2, 0) is 13.0 Å². The highest BCUT2D eigenvalue weighted by Crippen LogP contribution is 2.30. The van der Waals surface area contributed by atoms with Crippen LogP contribution in [0.3, 0.4) is 0 Å². The smallest absolute Gasteiger partial charge is 0.268 e. The van der Waals surface area contributed by atoms with Crippen molar-refractivity contribution in [1.82, 2.24) is 19.5 Å². The minimum atomic E-state index is -0.595. The molecule has 0 unspecified atom stereocenters. The van der Waals surface area contributed by atoms with Crippen LogP contribution in [0.15, 0.2) is 97.3 Å². The van der Waals surface area contributed by atoms with Crippen LogP contribution in [-0.4, -0.2) is 42.9 Å². The fourth-order valence-corrected chi connectivity index (χ4v) is 5.54. The summed E-state index contributed by atoms with van der Waals surface area (Å²) >= 11 is 1.23. The Morgan fingerprint density at radius 1 is 0.930 bits per heavy atom. The van der Waals surface area contributed by atoms with Crippen molar-refractivity contribution in [2.24, 2.45) is 0 Å². The largest absolute Gasteiger partial charge is 0.506 e. The second-order valence-corrected chi connectivity index (χ2v) is 10.7. The number of nitrogens with one attached hydrogen (secondary N) is 2. The predicted molar refractivity (Wildman–Crippen MR) is 164 cm³/mol. The summed E-state index contributed by atoms with van der Waals surface area (Å²) < 4.78 is 15.5. The standard InChI is InChI=1S/C32H25FN6O3S/c33-30-17-21(12-15-35-30)28-10-11-29(43-28)31(42)38-32-37-24-18-22(36-19-27(41)20-5-2-1-3-6-20)8-9-25(24)39(32)16-13-23-26(40)7-4-14-34-23/h1-12,14-15,17-18,36,40H,13,16,19H2,(H,37,38,42). The molecule has 43 heavy (non-hydrogen) atoms. The summed E-state index contributed by atoms with van der Waals surface area (Å²) in [6.45, 7) is 0.489. The van der Waals surface area contributed by atoms with E-state index in [1.165, 1.54) is 23.6 Å². The van der Waals surface area contributed by atoms with Crippen molar-refractivity contribution in [3.63, 3.8) is 0 Å².